The number of benzene rings is 1. The van der Waals surface area contributed by atoms with Crippen LogP contribution in [0.25, 0.3) is 0 Å². The molecule has 7 heteroatoms. The third-order valence-electron chi connectivity index (χ3n) is 4.48. The molecule has 134 valence electrons. The molecule has 5 nitrogen and oxygen atoms in total. The molecule has 0 aliphatic carbocycles. The first-order valence-corrected chi connectivity index (χ1v) is 8.39. The van der Waals surface area contributed by atoms with Crippen molar-refractivity contribution in [1.29, 1.82) is 0 Å². The number of hydrogen-bond acceptors (Lipinski definition) is 4. The van der Waals surface area contributed by atoms with Crippen molar-refractivity contribution in [2.24, 2.45) is 0 Å². The first kappa shape index (κ1) is 17.5. The molecule has 0 saturated carbocycles. The summed E-state index contributed by atoms with van der Waals surface area (Å²) in [6.07, 6.45) is -1.88. The lowest BCUT2D eigenvalue weighted by Crippen LogP contribution is -2.26. The van der Waals surface area contributed by atoms with Gasteiger partial charge in [0.1, 0.15) is 0 Å². The van der Waals surface area contributed by atoms with Crippen LogP contribution in [-0.2, 0) is 17.7 Å². The van der Waals surface area contributed by atoms with Gasteiger partial charge in [0.05, 0.1) is 12.6 Å². The predicted molar refractivity (Wildman–Crippen MR) is 88.8 cm³/mol. The largest absolute Gasteiger partial charge is 0.461 e. The van der Waals surface area contributed by atoms with E-state index in [-0.39, 0.29) is 17.9 Å². The van der Waals surface area contributed by atoms with Crippen LogP contribution in [0.15, 0.2) is 24.3 Å². The second-order valence-electron chi connectivity index (χ2n) is 5.97. The molecule has 0 bridgehead atoms. The number of carbonyl (C=O) groups is 1. The highest BCUT2D eigenvalue weighted by molar-refractivity contribution is 5.89. The average molecular weight is 349 g/mol. The number of halogens is 2. The molecule has 0 saturated heterocycles. The molecule has 0 spiro atoms. The van der Waals surface area contributed by atoms with Crippen LogP contribution >= 0.6 is 0 Å². The number of nitrogens with zero attached hydrogens (tertiary/aromatic N) is 2. The van der Waals surface area contributed by atoms with E-state index in [4.69, 9.17) is 4.74 Å². The van der Waals surface area contributed by atoms with Gasteiger partial charge in [0.15, 0.2) is 5.69 Å². The van der Waals surface area contributed by atoms with E-state index in [1.165, 1.54) is 6.07 Å². The van der Waals surface area contributed by atoms with Gasteiger partial charge < -0.3 is 10.1 Å². The van der Waals surface area contributed by atoms with Crippen molar-refractivity contribution in [2.75, 3.05) is 13.2 Å². The van der Waals surface area contributed by atoms with Crippen LogP contribution in [0.5, 0.6) is 0 Å². The molecule has 25 heavy (non-hydrogen) atoms. The maximum atomic E-state index is 13.4. The monoisotopic (exact) mass is 349 g/mol. The first-order chi connectivity index (χ1) is 12.0. The lowest BCUT2D eigenvalue weighted by Gasteiger charge is -2.21. The Balaban J connectivity index is 2.07. The van der Waals surface area contributed by atoms with E-state index in [1.54, 1.807) is 29.8 Å². The lowest BCUT2D eigenvalue weighted by molar-refractivity contribution is 0.0516. The molecular weight excluding hydrogens is 328 g/mol. The summed E-state index contributed by atoms with van der Waals surface area (Å²) in [4.78, 5) is 12.2. The average Bonchev–Trinajstić information content (AvgIpc) is 3.01. The van der Waals surface area contributed by atoms with Gasteiger partial charge in [-0.25, -0.2) is 13.6 Å². The third kappa shape index (κ3) is 3.28. The van der Waals surface area contributed by atoms with Crippen molar-refractivity contribution in [1.82, 2.24) is 15.1 Å². The van der Waals surface area contributed by atoms with Crippen molar-refractivity contribution >= 4 is 5.97 Å². The molecule has 1 aromatic carbocycles. The summed E-state index contributed by atoms with van der Waals surface area (Å²) in [7, 11) is 0. The standard InChI is InChI=1S/C18H21F2N3O2/c1-3-25-18(24)16-14-10-21-9-8-15(14)23(22-16)11(2)12-6-4-5-7-13(12)17(19)20/h4-7,11,17,21H,3,8-10H2,1-2H3. The van der Waals surface area contributed by atoms with Crippen molar-refractivity contribution in [2.45, 2.75) is 39.3 Å². The van der Waals surface area contributed by atoms with Gasteiger partial charge in [-0.05, 0) is 19.4 Å². The molecule has 1 N–H and O–H groups in total. The number of ether oxygens (including phenoxy) is 1. The molecule has 1 aliphatic rings. The zero-order valence-electron chi connectivity index (χ0n) is 14.3. The predicted octanol–water partition coefficient (Wildman–Crippen LogP) is 3.25. The van der Waals surface area contributed by atoms with Gasteiger partial charge in [0.25, 0.3) is 6.43 Å². The fraction of sp³-hybridized carbons (Fsp3) is 0.444. The Morgan fingerprint density at radius 1 is 1.36 bits per heavy atom. The van der Waals surface area contributed by atoms with Crippen LogP contribution in [0.1, 0.15) is 59.2 Å². The molecule has 1 atom stereocenters. The highest BCUT2D eigenvalue weighted by atomic mass is 19.3. The summed E-state index contributed by atoms with van der Waals surface area (Å²) >= 11 is 0. The summed E-state index contributed by atoms with van der Waals surface area (Å²) in [6.45, 7) is 5.10. The SMILES string of the molecule is CCOC(=O)c1nn(C(C)c2ccccc2C(F)F)c2c1CNCC2. The van der Waals surface area contributed by atoms with Crippen molar-refractivity contribution in [3.63, 3.8) is 0 Å². The lowest BCUT2D eigenvalue weighted by atomic mass is 10.0. The second kappa shape index (κ2) is 7.31. The molecule has 1 aliphatic heterocycles. The molecule has 0 fully saturated rings. The minimum atomic E-state index is -2.56. The minimum absolute atomic E-state index is 0.00845. The Labute approximate surface area is 145 Å². The summed E-state index contributed by atoms with van der Waals surface area (Å²) in [5.74, 6) is -0.476. The Morgan fingerprint density at radius 3 is 2.76 bits per heavy atom. The fourth-order valence-electron chi connectivity index (χ4n) is 3.28. The highest BCUT2D eigenvalue weighted by Gasteiger charge is 2.29. The summed E-state index contributed by atoms with van der Waals surface area (Å²) in [5.41, 5.74) is 2.47. The Kier molecular flexibility index (Phi) is 5.13. The van der Waals surface area contributed by atoms with E-state index in [9.17, 15) is 13.6 Å². The third-order valence-corrected chi connectivity index (χ3v) is 4.48. The zero-order chi connectivity index (χ0) is 18.0. The number of fused-ring (bicyclic) bond motifs is 1. The summed E-state index contributed by atoms with van der Waals surface area (Å²) in [6, 6.07) is 6.05. The quantitative estimate of drug-likeness (QED) is 0.842. The van der Waals surface area contributed by atoms with Gasteiger partial charge >= 0.3 is 5.97 Å². The Hall–Kier alpha value is -2.28. The van der Waals surface area contributed by atoms with Gasteiger partial charge in [-0.3, -0.25) is 4.68 Å². The molecule has 1 aromatic heterocycles. The van der Waals surface area contributed by atoms with E-state index in [0.717, 1.165) is 17.8 Å². The van der Waals surface area contributed by atoms with Crippen molar-refractivity contribution in [3.8, 4) is 0 Å². The molecule has 3 rings (SSSR count). The first-order valence-electron chi connectivity index (χ1n) is 8.39. The van der Waals surface area contributed by atoms with Gasteiger partial charge in [0, 0.05) is 36.3 Å². The number of carbonyl (C=O) groups excluding carboxylic acids is 1. The maximum Gasteiger partial charge on any atom is 0.359 e. The van der Waals surface area contributed by atoms with Gasteiger partial charge in [-0.1, -0.05) is 24.3 Å². The number of esters is 1. The van der Waals surface area contributed by atoms with Crippen LogP contribution in [-0.4, -0.2) is 28.9 Å². The topological polar surface area (TPSA) is 56.1 Å². The summed E-state index contributed by atoms with van der Waals surface area (Å²) < 4.78 is 33.5. The number of hydrogen-bond donors (Lipinski definition) is 1. The molecule has 2 heterocycles. The van der Waals surface area contributed by atoms with Crippen LogP contribution in [0, 0.1) is 0 Å². The number of rotatable bonds is 5. The van der Waals surface area contributed by atoms with E-state index in [0.29, 0.717) is 18.5 Å². The van der Waals surface area contributed by atoms with Crippen molar-refractivity contribution in [3.05, 3.63) is 52.3 Å². The van der Waals surface area contributed by atoms with E-state index < -0.39 is 18.4 Å². The van der Waals surface area contributed by atoms with Gasteiger partial charge in [-0.15, -0.1) is 0 Å². The van der Waals surface area contributed by atoms with Crippen LogP contribution < -0.4 is 5.32 Å². The molecule has 0 amide bonds. The zero-order valence-corrected chi connectivity index (χ0v) is 14.3. The normalized spacial score (nSPS) is 15.1. The smallest absolute Gasteiger partial charge is 0.359 e. The minimum Gasteiger partial charge on any atom is -0.461 e. The number of alkyl halides is 2. The van der Waals surface area contributed by atoms with E-state index in [2.05, 4.69) is 10.4 Å². The number of nitrogens with one attached hydrogen (secondary N) is 1. The Bertz CT molecular complexity index is 774. The van der Waals surface area contributed by atoms with Crippen molar-refractivity contribution < 1.29 is 18.3 Å². The molecule has 2 aromatic rings. The number of aromatic nitrogens is 2. The van der Waals surface area contributed by atoms with Crippen LogP contribution in [0.2, 0.25) is 0 Å². The highest BCUT2D eigenvalue weighted by Crippen LogP contribution is 2.31. The molecular formula is C18H21F2N3O2. The van der Waals surface area contributed by atoms with Gasteiger partial charge in [-0.2, -0.15) is 5.10 Å². The van der Waals surface area contributed by atoms with Gasteiger partial charge in [0.2, 0.25) is 0 Å². The van der Waals surface area contributed by atoms with E-state index >= 15 is 0 Å². The van der Waals surface area contributed by atoms with Crippen LogP contribution in [0.3, 0.4) is 0 Å². The molecule has 1 unspecified atom stereocenters. The fourth-order valence-corrected chi connectivity index (χ4v) is 3.28. The van der Waals surface area contributed by atoms with Crippen LogP contribution in [0.4, 0.5) is 8.78 Å². The summed E-state index contributed by atoms with van der Waals surface area (Å²) in [5, 5.41) is 7.66. The van der Waals surface area contributed by atoms with E-state index in [1.807, 2.05) is 6.92 Å². The Morgan fingerprint density at radius 2 is 2.08 bits per heavy atom. The second-order valence-corrected chi connectivity index (χ2v) is 5.97. The molecule has 0 radical (unpaired) electrons. The maximum absolute atomic E-state index is 13.4.